The third-order valence-electron chi connectivity index (χ3n) is 3.69. The SMILES string of the molecule is CC(=O)Cc1cc(C(C)NC(=O)c2ccc(OCC(F)(F)F)nc2)cc(C)n1. The topological polar surface area (TPSA) is 81.2 Å². The predicted octanol–water partition coefficient (Wildman–Crippen LogP) is 3.35. The molecule has 6 nitrogen and oxygen atoms in total. The van der Waals surface area contributed by atoms with Crippen LogP contribution in [0.15, 0.2) is 30.5 Å². The Hall–Kier alpha value is -2.97. The Balaban J connectivity index is 2.04. The molecular weight excluding hydrogens is 375 g/mol. The van der Waals surface area contributed by atoms with E-state index in [1.54, 1.807) is 26.0 Å². The van der Waals surface area contributed by atoms with E-state index >= 15 is 0 Å². The lowest BCUT2D eigenvalue weighted by Crippen LogP contribution is -2.27. The number of aryl methyl sites for hydroxylation is 1. The Morgan fingerprint density at radius 3 is 2.54 bits per heavy atom. The number of hydrogen-bond donors (Lipinski definition) is 1. The Morgan fingerprint density at radius 1 is 1.25 bits per heavy atom. The van der Waals surface area contributed by atoms with Crippen molar-refractivity contribution in [2.24, 2.45) is 0 Å². The van der Waals surface area contributed by atoms with Gasteiger partial charge < -0.3 is 10.1 Å². The maximum Gasteiger partial charge on any atom is 0.422 e. The molecule has 2 rings (SSSR count). The molecule has 2 aromatic heterocycles. The number of nitrogens with zero attached hydrogens (tertiary/aromatic N) is 2. The molecule has 9 heteroatoms. The molecule has 0 aliphatic rings. The Bertz CT molecular complexity index is 852. The second kappa shape index (κ2) is 8.81. The molecule has 0 radical (unpaired) electrons. The molecule has 1 N–H and O–H groups in total. The molecular formula is C19H20F3N3O3. The second-order valence-electron chi connectivity index (χ2n) is 6.40. The van der Waals surface area contributed by atoms with Crippen LogP contribution >= 0.6 is 0 Å². The molecule has 0 saturated heterocycles. The van der Waals surface area contributed by atoms with Gasteiger partial charge in [0.1, 0.15) is 5.78 Å². The first-order valence-electron chi connectivity index (χ1n) is 8.47. The van der Waals surface area contributed by atoms with Gasteiger partial charge in [0.15, 0.2) is 6.61 Å². The summed E-state index contributed by atoms with van der Waals surface area (Å²) in [7, 11) is 0. The molecule has 1 atom stereocenters. The van der Waals surface area contributed by atoms with Crippen molar-refractivity contribution in [3.8, 4) is 5.88 Å². The molecule has 0 saturated carbocycles. The lowest BCUT2D eigenvalue weighted by molar-refractivity contribution is -0.154. The van der Waals surface area contributed by atoms with E-state index in [0.29, 0.717) is 5.69 Å². The summed E-state index contributed by atoms with van der Waals surface area (Å²) in [6.07, 6.45) is -3.11. The summed E-state index contributed by atoms with van der Waals surface area (Å²) < 4.78 is 40.9. The van der Waals surface area contributed by atoms with Crippen molar-refractivity contribution in [2.45, 2.75) is 39.4 Å². The summed E-state index contributed by atoms with van der Waals surface area (Å²) in [6.45, 7) is 3.60. The first-order valence-corrected chi connectivity index (χ1v) is 8.47. The third kappa shape index (κ3) is 6.64. The first-order chi connectivity index (χ1) is 13.0. The Kier molecular flexibility index (Phi) is 6.71. The summed E-state index contributed by atoms with van der Waals surface area (Å²) in [6, 6.07) is 5.72. The number of halogens is 3. The van der Waals surface area contributed by atoms with E-state index in [2.05, 4.69) is 20.0 Å². The summed E-state index contributed by atoms with van der Waals surface area (Å²) >= 11 is 0. The molecule has 2 heterocycles. The number of ketones is 1. The minimum absolute atomic E-state index is 0.0142. The van der Waals surface area contributed by atoms with Crippen LogP contribution in [0.25, 0.3) is 0 Å². The summed E-state index contributed by atoms with van der Waals surface area (Å²) in [5.41, 5.74) is 2.32. The number of amides is 1. The van der Waals surface area contributed by atoms with Gasteiger partial charge in [-0.05, 0) is 44.5 Å². The Labute approximate surface area is 160 Å². The number of alkyl halides is 3. The molecule has 150 valence electrons. The fourth-order valence-corrected chi connectivity index (χ4v) is 2.48. The standard InChI is InChI=1S/C19H20F3N3O3/c1-11-6-15(8-16(24-11)7-12(2)26)13(3)25-18(27)14-4-5-17(23-9-14)28-10-19(20,21)22/h4-6,8-9,13H,7,10H2,1-3H3,(H,25,27). The molecule has 28 heavy (non-hydrogen) atoms. The highest BCUT2D eigenvalue weighted by atomic mass is 19.4. The highest BCUT2D eigenvalue weighted by Crippen LogP contribution is 2.18. The van der Waals surface area contributed by atoms with E-state index in [1.807, 2.05) is 0 Å². The van der Waals surface area contributed by atoms with E-state index in [0.717, 1.165) is 17.5 Å². The normalized spacial score (nSPS) is 12.4. The zero-order valence-electron chi connectivity index (χ0n) is 15.6. The third-order valence-corrected chi connectivity index (χ3v) is 3.69. The smallest absolute Gasteiger partial charge is 0.422 e. The van der Waals surface area contributed by atoms with Gasteiger partial charge in [-0.15, -0.1) is 0 Å². The van der Waals surface area contributed by atoms with Crippen molar-refractivity contribution in [3.05, 3.63) is 53.0 Å². The maximum atomic E-state index is 12.4. The van der Waals surface area contributed by atoms with Crippen molar-refractivity contribution < 1.29 is 27.5 Å². The molecule has 1 unspecified atom stereocenters. The van der Waals surface area contributed by atoms with Crippen LogP contribution in [0.4, 0.5) is 13.2 Å². The highest BCUT2D eigenvalue weighted by Gasteiger charge is 2.28. The van der Waals surface area contributed by atoms with Crippen LogP contribution in [0.2, 0.25) is 0 Å². The van der Waals surface area contributed by atoms with Crippen LogP contribution in [0.3, 0.4) is 0 Å². The first kappa shape index (κ1) is 21.3. The van der Waals surface area contributed by atoms with Crippen molar-refractivity contribution in [3.63, 3.8) is 0 Å². The molecule has 0 aromatic carbocycles. The molecule has 0 fully saturated rings. The van der Waals surface area contributed by atoms with Gasteiger partial charge in [0.05, 0.1) is 11.6 Å². The van der Waals surface area contributed by atoms with Crippen LogP contribution in [-0.4, -0.2) is 34.4 Å². The van der Waals surface area contributed by atoms with Gasteiger partial charge in [-0.25, -0.2) is 4.98 Å². The van der Waals surface area contributed by atoms with Gasteiger partial charge in [-0.1, -0.05) is 0 Å². The average molecular weight is 395 g/mol. The number of nitrogens with one attached hydrogen (secondary N) is 1. The maximum absolute atomic E-state index is 12.4. The van der Waals surface area contributed by atoms with E-state index in [9.17, 15) is 22.8 Å². The largest absolute Gasteiger partial charge is 0.468 e. The van der Waals surface area contributed by atoms with Gasteiger partial charge in [-0.2, -0.15) is 13.2 Å². The zero-order chi connectivity index (χ0) is 20.9. The molecule has 0 spiro atoms. The van der Waals surface area contributed by atoms with Crippen LogP contribution in [0, 0.1) is 6.92 Å². The van der Waals surface area contributed by atoms with Gasteiger partial charge in [0, 0.05) is 30.1 Å². The van der Waals surface area contributed by atoms with E-state index < -0.39 is 18.7 Å². The fourth-order valence-electron chi connectivity index (χ4n) is 2.48. The number of carbonyl (C=O) groups excluding carboxylic acids is 2. The summed E-state index contributed by atoms with van der Waals surface area (Å²) in [4.78, 5) is 31.7. The van der Waals surface area contributed by atoms with Gasteiger partial charge in [0.25, 0.3) is 5.91 Å². The predicted molar refractivity (Wildman–Crippen MR) is 95.0 cm³/mol. The number of pyridine rings is 2. The number of hydrogen-bond acceptors (Lipinski definition) is 5. The zero-order valence-corrected chi connectivity index (χ0v) is 15.6. The van der Waals surface area contributed by atoms with Crippen LogP contribution in [0.5, 0.6) is 5.88 Å². The van der Waals surface area contributed by atoms with Gasteiger partial charge in [-0.3, -0.25) is 14.6 Å². The fraction of sp³-hybridized carbons (Fsp3) is 0.368. The minimum atomic E-state index is -4.46. The van der Waals surface area contributed by atoms with Crippen LogP contribution in [-0.2, 0) is 11.2 Å². The average Bonchev–Trinajstić information content (AvgIpc) is 2.58. The quantitative estimate of drug-likeness (QED) is 0.778. The van der Waals surface area contributed by atoms with Gasteiger partial charge >= 0.3 is 6.18 Å². The van der Waals surface area contributed by atoms with E-state index in [4.69, 9.17) is 0 Å². The van der Waals surface area contributed by atoms with Crippen molar-refractivity contribution in [1.82, 2.24) is 15.3 Å². The number of rotatable bonds is 7. The summed E-state index contributed by atoms with van der Waals surface area (Å²) in [5.74, 6) is -0.676. The molecule has 0 aliphatic heterocycles. The van der Waals surface area contributed by atoms with E-state index in [-0.39, 0.29) is 29.7 Å². The van der Waals surface area contributed by atoms with Crippen molar-refractivity contribution >= 4 is 11.7 Å². The van der Waals surface area contributed by atoms with Gasteiger partial charge in [0.2, 0.25) is 5.88 Å². The number of aromatic nitrogens is 2. The van der Waals surface area contributed by atoms with Crippen LogP contribution in [0.1, 0.15) is 47.2 Å². The highest BCUT2D eigenvalue weighted by molar-refractivity contribution is 5.94. The second-order valence-corrected chi connectivity index (χ2v) is 6.40. The minimum Gasteiger partial charge on any atom is -0.468 e. The molecule has 1 amide bonds. The number of ether oxygens (including phenoxy) is 1. The monoisotopic (exact) mass is 395 g/mol. The lowest BCUT2D eigenvalue weighted by Gasteiger charge is -2.16. The van der Waals surface area contributed by atoms with Crippen molar-refractivity contribution in [2.75, 3.05) is 6.61 Å². The summed E-state index contributed by atoms with van der Waals surface area (Å²) in [5, 5.41) is 2.78. The number of carbonyl (C=O) groups is 2. The molecule has 0 bridgehead atoms. The van der Waals surface area contributed by atoms with Crippen molar-refractivity contribution in [1.29, 1.82) is 0 Å². The number of Topliss-reactive ketones (excluding diaryl/α,β-unsaturated/α-hetero) is 1. The van der Waals surface area contributed by atoms with E-state index in [1.165, 1.54) is 19.1 Å². The molecule has 0 aliphatic carbocycles. The molecule has 2 aromatic rings. The lowest BCUT2D eigenvalue weighted by atomic mass is 10.1. The Morgan fingerprint density at radius 2 is 1.96 bits per heavy atom. The van der Waals surface area contributed by atoms with Crippen LogP contribution < -0.4 is 10.1 Å².